The maximum atomic E-state index is 12.5. The number of benzene rings is 1. The molecule has 1 spiro atoms. The highest BCUT2D eigenvalue weighted by Gasteiger charge is 2.71. The third-order valence-electron chi connectivity index (χ3n) is 7.01. The van der Waals surface area contributed by atoms with Crippen LogP contribution < -0.4 is 0 Å². The van der Waals surface area contributed by atoms with E-state index >= 15 is 0 Å². The number of carbonyl (C=O) groups excluding carboxylic acids is 1. The highest BCUT2D eigenvalue weighted by atomic mass is 16.6. The molecule has 3 unspecified atom stereocenters. The first kappa shape index (κ1) is 16.8. The van der Waals surface area contributed by atoms with Gasteiger partial charge in [-0.3, -0.25) is 4.90 Å². The van der Waals surface area contributed by atoms with E-state index < -0.39 is 5.60 Å². The van der Waals surface area contributed by atoms with Crippen LogP contribution in [0.15, 0.2) is 53.6 Å². The third-order valence-corrected chi connectivity index (χ3v) is 7.01. The Balaban J connectivity index is 1.65. The Labute approximate surface area is 161 Å². The lowest BCUT2D eigenvalue weighted by molar-refractivity contribution is -0.159. The Morgan fingerprint density at radius 3 is 2.78 bits per heavy atom. The zero-order chi connectivity index (χ0) is 18.6. The SMILES string of the molecule is CC(C)C12CCCCN1C1C=C(C#Cc3ccccc3)C3=CC(=O)OC32C1. The van der Waals surface area contributed by atoms with Gasteiger partial charge in [0.1, 0.15) is 0 Å². The van der Waals surface area contributed by atoms with Crippen molar-refractivity contribution in [3.8, 4) is 11.8 Å². The van der Waals surface area contributed by atoms with Crippen LogP contribution in [0, 0.1) is 17.8 Å². The van der Waals surface area contributed by atoms with Crippen molar-refractivity contribution in [3.63, 3.8) is 0 Å². The number of hydrogen-bond donors (Lipinski definition) is 0. The van der Waals surface area contributed by atoms with Crippen LogP contribution >= 0.6 is 0 Å². The molecule has 1 aliphatic carbocycles. The van der Waals surface area contributed by atoms with Crippen LogP contribution in [0.5, 0.6) is 0 Å². The van der Waals surface area contributed by atoms with E-state index in [4.69, 9.17) is 4.74 Å². The predicted molar refractivity (Wildman–Crippen MR) is 105 cm³/mol. The van der Waals surface area contributed by atoms with Gasteiger partial charge in [0, 0.05) is 35.2 Å². The lowest BCUT2D eigenvalue weighted by Crippen LogP contribution is -2.64. The van der Waals surface area contributed by atoms with E-state index in [9.17, 15) is 4.79 Å². The molecule has 3 atom stereocenters. The summed E-state index contributed by atoms with van der Waals surface area (Å²) in [4.78, 5) is 15.1. The van der Waals surface area contributed by atoms with Gasteiger partial charge in [0.05, 0.1) is 5.54 Å². The number of esters is 1. The van der Waals surface area contributed by atoms with Gasteiger partial charge in [-0.1, -0.05) is 56.4 Å². The van der Waals surface area contributed by atoms with Crippen LogP contribution in [0.4, 0.5) is 0 Å². The third kappa shape index (κ3) is 2.17. The molecule has 3 nitrogen and oxygen atoms in total. The molecule has 0 aromatic heterocycles. The molecule has 0 N–H and O–H groups in total. The van der Waals surface area contributed by atoms with Crippen molar-refractivity contribution >= 4 is 5.97 Å². The summed E-state index contributed by atoms with van der Waals surface area (Å²) in [7, 11) is 0. The van der Waals surface area contributed by atoms with Crippen molar-refractivity contribution in [3.05, 3.63) is 59.2 Å². The summed E-state index contributed by atoms with van der Waals surface area (Å²) < 4.78 is 6.18. The lowest BCUT2D eigenvalue weighted by Gasteiger charge is -2.53. The van der Waals surface area contributed by atoms with Crippen molar-refractivity contribution < 1.29 is 9.53 Å². The molecular formula is C24H25NO2. The second-order valence-corrected chi connectivity index (χ2v) is 8.50. The molecule has 138 valence electrons. The molecule has 4 aliphatic rings. The van der Waals surface area contributed by atoms with Gasteiger partial charge in [-0.05, 0) is 37.4 Å². The molecular weight excluding hydrogens is 334 g/mol. The van der Waals surface area contributed by atoms with E-state index in [1.807, 2.05) is 30.3 Å². The zero-order valence-corrected chi connectivity index (χ0v) is 16.0. The number of ether oxygens (including phenoxy) is 1. The first-order chi connectivity index (χ1) is 13.1. The average Bonchev–Trinajstić information content (AvgIpc) is 3.14. The van der Waals surface area contributed by atoms with E-state index in [0.717, 1.165) is 36.1 Å². The van der Waals surface area contributed by atoms with Crippen LogP contribution in [0.2, 0.25) is 0 Å². The first-order valence-corrected chi connectivity index (χ1v) is 10.1. The Hall–Kier alpha value is -2.31. The molecule has 1 aromatic rings. The fourth-order valence-electron chi connectivity index (χ4n) is 6.04. The van der Waals surface area contributed by atoms with Crippen LogP contribution in [-0.4, -0.2) is 34.6 Å². The minimum atomic E-state index is -0.529. The zero-order valence-electron chi connectivity index (χ0n) is 16.0. The molecule has 2 saturated heterocycles. The van der Waals surface area contributed by atoms with Crippen LogP contribution in [0.3, 0.4) is 0 Å². The number of hydrogen-bond acceptors (Lipinski definition) is 3. The highest BCUT2D eigenvalue weighted by Crippen LogP contribution is 2.61. The maximum Gasteiger partial charge on any atom is 0.332 e. The van der Waals surface area contributed by atoms with Crippen molar-refractivity contribution in [2.45, 2.75) is 56.7 Å². The van der Waals surface area contributed by atoms with E-state index in [1.54, 1.807) is 6.08 Å². The lowest BCUT2D eigenvalue weighted by atomic mass is 9.63. The Morgan fingerprint density at radius 1 is 1.19 bits per heavy atom. The number of carbonyl (C=O) groups is 1. The fourth-order valence-corrected chi connectivity index (χ4v) is 6.04. The van der Waals surface area contributed by atoms with Crippen molar-refractivity contribution in [1.29, 1.82) is 0 Å². The molecule has 5 rings (SSSR count). The van der Waals surface area contributed by atoms with Crippen LogP contribution in [0.1, 0.15) is 45.1 Å². The predicted octanol–water partition coefficient (Wildman–Crippen LogP) is 3.85. The second-order valence-electron chi connectivity index (χ2n) is 8.50. The van der Waals surface area contributed by atoms with Gasteiger partial charge in [-0.15, -0.1) is 0 Å². The van der Waals surface area contributed by atoms with E-state index in [0.29, 0.717) is 12.0 Å². The van der Waals surface area contributed by atoms with E-state index in [1.165, 1.54) is 12.8 Å². The van der Waals surface area contributed by atoms with Gasteiger partial charge in [0.15, 0.2) is 5.60 Å². The Morgan fingerprint density at radius 2 is 2.00 bits per heavy atom. The molecule has 3 heterocycles. The molecule has 1 aromatic carbocycles. The minimum Gasteiger partial charge on any atom is -0.449 e. The number of piperidine rings is 1. The summed E-state index contributed by atoms with van der Waals surface area (Å²) in [6, 6.07) is 10.3. The Bertz CT molecular complexity index is 917. The summed E-state index contributed by atoms with van der Waals surface area (Å²) in [5, 5.41) is 0. The van der Waals surface area contributed by atoms with Crippen molar-refractivity contribution in [1.82, 2.24) is 4.90 Å². The smallest absolute Gasteiger partial charge is 0.332 e. The summed E-state index contributed by atoms with van der Waals surface area (Å²) in [6.07, 6.45) is 8.37. The quantitative estimate of drug-likeness (QED) is 0.563. The fraction of sp³-hybridized carbons (Fsp3) is 0.458. The van der Waals surface area contributed by atoms with Gasteiger partial charge in [-0.25, -0.2) is 4.79 Å². The summed E-state index contributed by atoms with van der Waals surface area (Å²) in [5.41, 5.74) is 2.35. The topological polar surface area (TPSA) is 29.5 Å². The average molecular weight is 359 g/mol. The number of rotatable bonds is 1. The summed E-state index contributed by atoms with van der Waals surface area (Å²) >= 11 is 0. The van der Waals surface area contributed by atoms with Gasteiger partial charge < -0.3 is 4.74 Å². The van der Waals surface area contributed by atoms with E-state index in [2.05, 4.69) is 36.7 Å². The molecule has 2 fully saturated rings. The highest BCUT2D eigenvalue weighted by molar-refractivity contribution is 5.90. The number of fused-ring (bicyclic) bond motifs is 3. The second kappa shape index (κ2) is 5.84. The van der Waals surface area contributed by atoms with Gasteiger partial charge >= 0.3 is 5.97 Å². The molecule has 0 amide bonds. The maximum absolute atomic E-state index is 12.5. The normalized spacial score (nSPS) is 34.2. The number of nitrogens with zero attached hydrogens (tertiary/aromatic N) is 1. The molecule has 0 saturated carbocycles. The molecule has 0 radical (unpaired) electrons. The molecule has 2 bridgehead atoms. The van der Waals surface area contributed by atoms with Crippen LogP contribution in [-0.2, 0) is 9.53 Å². The molecule has 3 heteroatoms. The van der Waals surface area contributed by atoms with Crippen molar-refractivity contribution in [2.75, 3.05) is 6.54 Å². The van der Waals surface area contributed by atoms with Crippen molar-refractivity contribution in [2.24, 2.45) is 5.92 Å². The van der Waals surface area contributed by atoms with Gasteiger partial charge in [-0.2, -0.15) is 0 Å². The first-order valence-electron chi connectivity index (χ1n) is 10.1. The minimum absolute atomic E-state index is 0.111. The molecule has 3 aliphatic heterocycles. The van der Waals surface area contributed by atoms with Crippen LogP contribution in [0.25, 0.3) is 0 Å². The van der Waals surface area contributed by atoms with Gasteiger partial charge in [0.2, 0.25) is 0 Å². The van der Waals surface area contributed by atoms with Gasteiger partial charge in [0.25, 0.3) is 0 Å². The Kier molecular flexibility index (Phi) is 3.64. The summed E-state index contributed by atoms with van der Waals surface area (Å²) in [5.74, 6) is 6.87. The largest absolute Gasteiger partial charge is 0.449 e. The molecule has 27 heavy (non-hydrogen) atoms. The van der Waals surface area contributed by atoms with E-state index in [-0.39, 0.29) is 11.5 Å². The monoisotopic (exact) mass is 359 g/mol. The standard InChI is InChI=1S/C24H25NO2/c1-17(2)23-12-6-7-13-25(23)20-14-19(11-10-18-8-4-3-5-9-18)21-15-22(26)27-24(21,23)16-20/h3-5,8-9,14-15,17,20H,6-7,12-13,16H2,1-2H3. The summed E-state index contributed by atoms with van der Waals surface area (Å²) in [6.45, 7) is 5.64.